The summed E-state index contributed by atoms with van der Waals surface area (Å²) in [6.45, 7) is 9.67. The van der Waals surface area contributed by atoms with E-state index >= 15 is 0 Å². The van der Waals surface area contributed by atoms with Crippen LogP contribution >= 0.6 is 0 Å². The van der Waals surface area contributed by atoms with Crippen molar-refractivity contribution < 1.29 is 9.32 Å². The lowest BCUT2D eigenvalue weighted by atomic mass is 9.86. The van der Waals surface area contributed by atoms with Gasteiger partial charge in [-0.05, 0) is 44.7 Å². The van der Waals surface area contributed by atoms with Crippen LogP contribution in [0.2, 0.25) is 0 Å². The van der Waals surface area contributed by atoms with E-state index in [1.165, 1.54) is 19.3 Å². The standard InChI is InChI=1S/C19H32N4O2/c1-14(2)19-20-18(25-21-19)13-22-11-8-16(9-12-22)17-7-5-4-6-10-23(17)15(3)24/h14,16-17H,4-13H2,1-3H3/t17-/m0/s1. The van der Waals surface area contributed by atoms with Crippen LogP contribution in [0.3, 0.4) is 0 Å². The minimum atomic E-state index is 0.251. The Kier molecular flexibility index (Phi) is 6.10. The fraction of sp³-hybridized carbons (Fsp3) is 0.842. The maximum atomic E-state index is 12.1. The minimum absolute atomic E-state index is 0.251. The Hall–Kier alpha value is -1.43. The van der Waals surface area contributed by atoms with Gasteiger partial charge >= 0.3 is 0 Å². The monoisotopic (exact) mass is 348 g/mol. The van der Waals surface area contributed by atoms with Crippen molar-refractivity contribution in [3.8, 4) is 0 Å². The predicted molar refractivity (Wildman–Crippen MR) is 96.0 cm³/mol. The van der Waals surface area contributed by atoms with E-state index in [9.17, 15) is 4.79 Å². The summed E-state index contributed by atoms with van der Waals surface area (Å²) in [4.78, 5) is 21.1. The van der Waals surface area contributed by atoms with E-state index in [0.29, 0.717) is 17.9 Å². The number of piperidine rings is 1. The molecule has 0 radical (unpaired) electrons. The van der Waals surface area contributed by atoms with E-state index in [4.69, 9.17) is 4.52 Å². The number of rotatable bonds is 4. The molecule has 3 heterocycles. The first-order valence-corrected chi connectivity index (χ1v) is 9.86. The number of hydrogen-bond acceptors (Lipinski definition) is 5. The molecule has 2 fully saturated rings. The molecule has 2 saturated heterocycles. The largest absolute Gasteiger partial charge is 0.340 e. The molecule has 1 atom stereocenters. The molecule has 140 valence electrons. The second-order valence-electron chi connectivity index (χ2n) is 7.94. The van der Waals surface area contributed by atoms with Crippen LogP contribution < -0.4 is 0 Å². The van der Waals surface area contributed by atoms with Gasteiger partial charge in [0.2, 0.25) is 11.8 Å². The summed E-state index contributed by atoms with van der Waals surface area (Å²) in [6, 6.07) is 0.443. The molecule has 0 N–H and O–H groups in total. The van der Waals surface area contributed by atoms with Crippen molar-refractivity contribution in [3.05, 3.63) is 11.7 Å². The third kappa shape index (κ3) is 4.60. The van der Waals surface area contributed by atoms with Gasteiger partial charge in [-0.2, -0.15) is 4.98 Å². The number of nitrogens with zero attached hydrogens (tertiary/aromatic N) is 4. The molecule has 3 rings (SSSR count). The summed E-state index contributed by atoms with van der Waals surface area (Å²) in [5.41, 5.74) is 0. The molecule has 1 aromatic rings. The van der Waals surface area contributed by atoms with Gasteiger partial charge in [0.15, 0.2) is 5.82 Å². The highest BCUT2D eigenvalue weighted by Gasteiger charge is 2.33. The molecule has 0 aliphatic carbocycles. The zero-order valence-corrected chi connectivity index (χ0v) is 15.9. The average Bonchev–Trinajstić information content (AvgIpc) is 2.91. The van der Waals surface area contributed by atoms with Crippen LogP contribution in [0.5, 0.6) is 0 Å². The highest BCUT2D eigenvalue weighted by molar-refractivity contribution is 5.73. The number of amides is 1. The van der Waals surface area contributed by atoms with Crippen LogP contribution in [-0.4, -0.2) is 51.5 Å². The topological polar surface area (TPSA) is 62.5 Å². The first-order chi connectivity index (χ1) is 12.0. The fourth-order valence-corrected chi connectivity index (χ4v) is 4.27. The van der Waals surface area contributed by atoms with Crippen LogP contribution in [0, 0.1) is 5.92 Å². The molecule has 0 spiro atoms. The van der Waals surface area contributed by atoms with E-state index < -0.39 is 0 Å². The first kappa shape index (κ1) is 18.4. The summed E-state index contributed by atoms with van der Waals surface area (Å²) >= 11 is 0. The summed E-state index contributed by atoms with van der Waals surface area (Å²) in [6.07, 6.45) is 7.15. The van der Waals surface area contributed by atoms with Crippen molar-refractivity contribution in [2.75, 3.05) is 19.6 Å². The molecule has 0 saturated carbocycles. The highest BCUT2D eigenvalue weighted by atomic mass is 16.5. The Morgan fingerprint density at radius 1 is 1.16 bits per heavy atom. The van der Waals surface area contributed by atoms with Gasteiger partial charge in [0.25, 0.3) is 0 Å². The fourth-order valence-electron chi connectivity index (χ4n) is 4.27. The molecule has 2 aliphatic rings. The normalized spacial score (nSPS) is 23.8. The molecule has 1 amide bonds. The van der Waals surface area contributed by atoms with E-state index in [2.05, 4.69) is 33.8 Å². The quantitative estimate of drug-likeness (QED) is 0.836. The number of likely N-dealkylation sites (tertiary alicyclic amines) is 2. The van der Waals surface area contributed by atoms with Crippen molar-refractivity contribution in [2.24, 2.45) is 5.92 Å². The van der Waals surface area contributed by atoms with Crippen molar-refractivity contribution in [3.63, 3.8) is 0 Å². The van der Waals surface area contributed by atoms with Crippen LogP contribution in [0.25, 0.3) is 0 Å². The molecule has 6 nitrogen and oxygen atoms in total. The van der Waals surface area contributed by atoms with Gasteiger partial charge in [-0.1, -0.05) is 31.8 Å². The SMILES string of the molecule is CC(=O)N1CCCCC[C@H]1C1CCN(Cc2nc(C(C)C)no2)CC1. The summed E-state index contributed by atoms with van der Waals surface area (Å²) in [5, 5.41) is 4.05. The van der Waals surface area contributed by atoms with E-state index in [1.807, 2.05) is 0 Å². The molecule has 0 bridgehead atoms. The van der Waals surface area contributed by atoms with Gasteiger partial charge in [-0.3, -0.25) is 9.69 Å². The van der Waals surface area contributed by atoms with Gasteiger partial charge in [-0.15, -0.1) is 0 Å². The Labute approximate surface area is 150 Å². The summed E-state index contributed by atoms with van der Waals surface area (Å²) in [7, 11) is 0. The molecule has 2 aliphatic heterocycles. The van der Waals surface area contributed by atoms with Gasteiger partial charge in [0.05, 0.1) is 6.54 Å². The van der Waals surface area contributed by atoms with Crippen LogP contribution in [0.1, 0.15) is 76.9 Å². The van der Waals surface area contributed by atoms with Crippen molar-refractivity contribution in [1.29, 1.82) is 0 Å². The Morgan fingerprint density at radius 3 is 2.56 bits per heavy atom. The zero-order chi connectivity index (χ0) is 17.8. The van der Waals surface area contributed by atoms with Crippen LogP contribution in [0.4, 0.5) is 0 Å². The van der Waals surface area contributed by atoms with Gasteiger partial charge < -0.3 is 9.42 Å². The lowest BCUT2D eigenvalue weighted by Gasteiger charge is -2.40. The van der Waals surface area contributed by atoms with Crippen molar-refractivity contribution in [1.82, 2.24) is 19.9 Å². The number of carbonyl (C=O) groups excluding carboxylic acids is 1. The number of carbonyl (C=O) groups is 1. The van der Waals surface area contributed by atoms with Crippen LogP contribution in [-0.2, 0) is 11.3 Å². The smallest absolute Gasteiger partial charge is 0.240 e. The van der Waals surface area contributed by atoms with Gasteiger partial charge in [-0.25, -0.2) is 0 Å². The second-order valence-corrected chi connectivity index (χ2v) is 7.94. The molecule has 0 aromatic carbocycles. The third-order valence-corrected chi connectivity index (χ3v) is 5.74. The zero-order valence-electron chi connectivity index (χ0n) is 15.9. The lowest BCUT2D eigenvalue weighted by Crippen LogP contribution is -2.47. The highest BCUT2D eigenvalue weighted by Crippen LogP contribution is 2.30. The second kappa shape index (κ2) is 8.30. The van der Waals surface area contributed by atoms with Crippen LogP contribution in [0.15, 0.2) is 4.52 Å². The lowest BCUT2D eigenvalue weighted by molar-refractivity contribution is -0.132. The number of hydrogen-bond donors (Lipinski definition) is 0. The van der Waals surface area contributed by atoms with Gasteiger partial charge in [0, 0.05) is 25.4 Å². The minimum Gasteiger partial charge on any atom is -0.340 e. The molecular formula is C19H32N4O2. The maximum absolute atomic E-state index is 12.1. The maximum Gasteiger partial charge on any atom is 0.240 e. The summed E-state index contributed by atoms with van der Waals surface area (Å²) < 4.78 is 5.38. The van der Waals surface area contributed by atoms with Crippen molar-refractivity contribution >= 4 is 5.91 Å². The molecule has 1 aromatic heterocycles. The summed E-state index contributed by atoms with van der Waals surface area (Å²) in [5.74, 6) is 2.70. The molecule has 25 heavy (non-hydrogen) atoms. The van der Waals surface area contributed by atoms with Crippen molar-refractivity contribution in [2.45, 2.75) is 77.8 Å². The Morgan fingerprint density at radius 2 is 1.92 bits per heavy atom. The van der Waals surface area contributed by atoms with E-state index in [-0.39, 0.29) is 5.91 Å². The first-order valence-electron chi connectivity index (χ1n) is 9.86. The van der Waals surface area contributed by atoms with E-state index in [0.717, 1.165) is 57.2 Å². The Bertz CT molecular complexity index is 564. The van der Waals surface area contributed by atoms with Gasteiger partial charge in [0.1, 0.15) is 0 Å². The predicted octanol–water partition coefficient (Wildman–Crippen LogP) is 3.20. The third-order valence-electron chi connectivity index (χ3n) is 5.74. The van der Waals surface area contributed by atoms with E-state index in [1.54, 1.807) is 6.92 Å². The molecule has 6 heteroatoms. The average molecular weight is 348 g/mol. The number of aromatic nitrogens is 2. The molecular weight excluding hydrogens is 316 g/mol. The Balaban J connectivity index is 1.54. The molecule has 0 unspecified atom stereocenters.